The second-order valence-corrected chi connectivity index (χ2v) is 10.5. The van der Waals surface area contributed by atoms with Gasteiger partial charge in [-0.15, -0.1) is 0 Å². The lowest BCUT2D eigenvalue weighted by Gasteiger charge is -2.18. The molecule has 0 spiro atoms. The largest absolute Gasteiger partial charge is 0.416 e. The predicted octanol–water partition coefficient (Wildman–Crippen LogP) is 6.55. The lowest BCUT2D eigenvalue weighted by molar-refractivity contribution is -0.137. The van der Waals surface area contributed by atoms with Crippen molar-refractivity contribution in [2.24, 2.45) is 0 Å². The van der Waals surface area contributed by atoms with Gasteiger partial charge in [0.15, 0.2) is 0 Å². The highest BCUT2D eigenvalue weighted by Crippen LogP contribution is 2.29. The third-order valence-electron chi connectivity index (χ3n) is 6.28. The van der Waals surface area contributed by atoms with E-state index in [9.17, 15) is 27.9 Å². The Morgan fingerprint density at radius 2 is 1.40 bits per heavy atom. The molecule has 0 aromatic heterocycles. The van der Waals surface area contributed by atoms with Crippen LogP contribution in [0, 0.1) is 0 Å². The molecule has 0 aliphatic carbocycles. The van der Waals surface area contributed by atoms with Crippen molar-refractivity contribution in [3.8, 4) is 11.1 Å². The van der Waals surface area contributed by atoms with Crippen molar-refractivity contribution in [2.45, 2.75) is 18.0 Å². The van der Waals surface area contributed by atoms with E-state index in [1.54, 1.807) is 12.1 Å². The van der Waals surface area contributed by atoms with Crippen LogP contribution in [-0.2, 0) is 16.7 Å². The van der Waals surface area contributed by atoms with Crippen molar-refractivity contribution in [3.05, 3.63) is 137 Å². The van der Waals surface area contributed by atoms with Crippen LogP contribution < -0.4 is 10.6 Å². The van der Waals surface area contributed by atoms with E-state index in [2.05, 4.69) is 10.6 Å². The summed E-state index contributed by atoms with van der Waals surface area (Å²) >= 11 is 1.54. The third kappa shape index (κ3) is 8.83. The van der Waals surface area contributed by atoms with E-state index in [1.165, 1.54) is 17.8 Å². The number of carbonyl (C=O) groups is 2. The Hall–Kier alpha value is -4.34. The number of nitrogens with one attached hydrogen (secondary N) is 2. The number of hydrogen-bond acceptors (Lipinski definition) is 4. The highest BCUT2D eigenvalue weighted by atomic mass is 32.2. The summed E-state index contributed by atoms with van der Waals surface area (Å²) in [4.78, 5) is 26.3. The normalized spacial score (nSPS) is 12.4. The summed E-state index contributed by atoms with van der Waals surface area (Å²) in [5, 5.41) is 15.2. The highest BCUT2D eigenvalue weighted by molar-refractivity contribution is 7.98. The molecular weight excluding hydrogens is 561 g/mol. The number of hydrogen-bond donors (Lipinski definition) is 3. The number of aliphatic hydroxyl groups excluding tert-OH is 1. The quantitative estimate of drug-likeness (QED) is 0.173. The molecule has 4 aromatic carbocycles. The first-order valence-corrected chi connectivity index (χ1v) is 14.3. The average molecular weight is 591 g/mol. The molecule has 0 aliphatic heterocycles. The molecule has 9 heteroatoms. The fourth-order valence-corrected chi connectivity index (χ4v) is 5.05. The number of halogens is 3. The van der Waals surface area contributed by atoms with Crippen LogP contribution >= 0.6 is 11.8 Å². The van der Waals surface area contributed by atoms with Crippen LogP contribution in [0.1, 0.15) is 27.0 Å². The molecule has 0 aliphatic rings. The van der Waals surface area contributed by atoms with Gasteiger partial charge >= 0.3 is 6.18 Å². The maximum Gasteiger partial charge on any atom is 0.416 e. The van der Waals surface area contributed by atoms with Crippen LogP contribution in [0.15, 0.2) is 115 Å². The van der Waals surface area contributed by atoms with Gasteiger partial charge in [-0.2, -0.15) is 24.9 Å². The molecule has 2 amide bonds. The molecule has 4 rings (SSSR count). The van der Waals surface area contributed by atoms with Crippen molar-refractivity contribution in [2.75, 3.05) is 12.4 Å². The standard InChI is InChI=1S/C33H29F3N2O3S/c34-33(35,36)28-17-15-27(16-18-28)31(40)38-30(19-23-11-13-26(14-12-23)25-9-5-2-6-10-25)32(41)37-29(20-39)22-42-21-24-7-3-1-4-8-24/h1-19,29,39H,20-22H2,(H,37,41)(H,38,40)/b30-19+/t29-/m1/s1. The number of alkyl halides is 3. The van der Waals surface area contributed by atoms with Gasteiger partial charge in [0.1, 0.15) is 5.70 Å². The van der Waals surface area contributed by atoms with Crippen LogP contribution in [0.25, 0.3) is 17.2 Å². The molecular formula is C33H29F3N2O3S. The first kappa shape index (κ1) is 30.6. The summed E-state index contributed by atoms with van der Waals surface area (Å²) in [7, 11) is 0. The molecule has 1 atom stereocenters. The summed E-state index contributed by atoms with van der Waals surface area (Å²) in [6.45, 7) is -0.320. The van der Waals surface area contributed by atoms with E-state index in [-0.39, 0.29) is 17.9 Å². The molecule has 0 unspecified atom stereocenters. The van der Waals surface area contributed by atoms with Gasteiger partial charge in [0.25, 0.3) is 11.8 Å². The lowest BCUT2D eigenvalue weighted by atomic mass is 10.0. The Morgan fingerprint density at radius 3 is 2.00 bits per heavy atom. The van der Waals surface area contributed by atoms with Gasteiger partial charge in [-0.3, -0.25) is 9.59 Å². The topological polar surface area (TPSA) is 78.4 Å². The van der Waals surface area contributed by atoms with Crippen LogP contribution in [0.4, 0.5) is 13.2 Å². The zero-order chi connectivity index (χ0) is 30.0. The number of carbonyl (C=O) groups excluding carboxylic acids is 2. The number of benzene rings is 4. The first-order chi connectivity index (χ1) is 20.2. The van der Waals surface area contributed by atoms with Gasteiger partial charge in [-0.25, -0.2) is 0 Å². The Balaban J connectivity index is 1.52. The summed E-state index contributed by atoms with van der Waals surface area (Å²) < 4.78 is 38.9. The Kier molecular flexibility index (Phi) is 10.6. The molecule has 0 saturated heterocycles. The smallest absolute Gasteiger partial charge is 0.394 e. The highest BCUT2D eigenvalue weighted by Gasteiger charge is 2.30. The number of amides is 2. The van der Waals surface area contributed by atoms with Gasteiger partial charge in [-0.1, -0.05) is 84.9 Å². The minimum atomic E-state index is -4.54. The fraction of sp³-hybridized carbons (Fsp3) is 0.152. The molecule has 0 fully saturated rings. The summed E-state index contributed by atoms with van der Waals surface area (Å²) in [6, 6.07) is 30.0. The molecule has 5 nitrogen and oxygen atoms in total. The number of aliphatic hydroxyl groups is 1. The molecule has 0 radical (unpaired) electrons. The third-order valence-corrected chi connectivity index (χ3v) is 7.46. The first-order valence-electron chi connectivity index (χ1n) is 13.1. The summed E-state index contributed by atoms with van der Waals surface area (Å²) in [5.41, 5.74) is 2.66. The lowest BCUT2D eigenvalue weighted by Crippen LogP contribution is -2.43. The molecule has 0 saturated carbocycles. The summed E-state index contributed by atoms with van der Waals surface area (Å²) in [6.07, 6.45) is -3.05. The van der Waals surface area contributed by atoms with Crippen molar-refractivity contribution in [1.29, 1.82) is 0 Å². The van der Waals surface area contributed by atoms with E-state index in [0.29, 0.717) is 17.1 Å². The van der Waals surface area contributed by atoms with Crippen LogP contribution in [0.3, 0.4) is 0 Å². The minimum absolute atomic E-state index is 0.0433. The molecule has 4 aromatic rings. The fourth-order valence-electron chi connectivity index (χ4n) is 4.03. The zero-order valence-corrected chi connectivity index (χ0v) is 23.3. The van der Waals surface area contributed by atoms with Gasteiger partial charge in [0.05, 0.1) is 18.2 Å². The SMILES string of the molecule is O=C(N[C@H](CO)CSCc1ccccc1)/C(=C\c1ccc(-c2ccccc2)cc1)NC(=O)c1ccc(C(F)(F)F)cc1. The number of rotatable bonds is 11. The second kappa shape index (κ2) is 14.5. The van der Waals surface area contributed by atoms with Gasteiger partial charge < -0.3 is 15.7 Å². The van der Waals surface area contributed by atoms with Crippen LogP contribution in [0.5, 0.6) is 0 Å². The maximum atomic E-state index is 13.3. The van der Waals surface area contributed by atoms with E-state index in [0.717, 1.165) is 41.0 Å². The minimum Gasteiger partial charge on any atom is -0.394 e. The Morgan fingerprint density at radius 1 is 0.810 bits per heavy atom. The Bertz CT molecular complexity index is 1490. The predicted molar refractivity (Wildman–Crippen MR) is 160 cm³/mol. The van der Waals surface area contributed by atoms with Crippen molar-refractivity contribution < 1.29 is 27.9 Å². The van der Waals surface area contributed by atoms with E-state index < -0.39 is 29.6 Å². The Labute approximate surface area is 246 Å². The van der Waals surface area contributed by atoms with Crippen molar-refractivity contribution >= 4 is 29.7 Å². The molecule has 42 heavy (non-hydrogen) atoms. The monoisotopic (exact) mass is 590 g/mol. The second-order valence-electron chi connectivity index (χ2n) is 9.43. The van der Waals surface area contributed by atoms with Crippen molar-refractivity contribution in [1.82, 2.24) is 10.6 Å². The molecule has 3 N–H and O–H groups in total. The molecule has 216 valence electrons. The van der Waals surface area contributed by atoms with Gasteiger partial charge in [0, 0.05) is 17.1 Å². The van der Waals surface area contributed by atoms with Gasteiger partial charge in [0.2, 0.25) is 0 Å². The zero-order valence-electron chi connectivity index (χ0n) is 22.5. The maximum absolute atomic E-state index is 13.3. The van der Waals surface area contributed by atoms with E-state index >= 15 is 0 Å². The summed E-state index contributed by atoms with van der Waals surface area (Å²) in [5.74, 6) is -0.274. The number of thioether (sulfide) groups is 1. The average Bonchev–Trinajstić information content (AvgIpc) is 3.01. The van der Waals surface area contributed by atoms with Crippen molar-refractivity contribution in [3.63, 3.8) is 0 Å². The van der Waals surface area contributed by atoms with E-state index in [4.69, 9.17) is 0 Å². The van der Waals surface area contributed by atoms with Crippen LogP contribution in [0.2, 0.25) is 0 Å². The van der Waals surface area contributed by atoms with Crippen LogP contribution in [-0.4, -0.2) is 35.3 Å². The molecule has 0 heterocycles. The van der Waals surface area contributed by atoms with Gasteiger partial charge in [-0.05, 0) is 52.6 Å². The molecule has 0 bridgehead atoms. The van der Waals surface area contributed by atoms with E-state index in [1.807, 2.05) is 72.8 Å².